The van der Waals surface area contributed by atoms with Crippen molar-refractivity contribution in [2.24, 2.45) is 0 Å². The standard InChI is InChI=1S/C22H30N2O7S2/c1-5-24(6-2)33(28,29)21-16-18(10-13-20(21)31-7-3)23-22(25)17-8-11-19(12-9-17)32(26,27)15-14-30-4/h8-13,16H,5-7,14-15H2,1-4H3,(H,23,25). The van der Waals surface area contributed by atoms with Gasteiger partial charge in [-0.25, -0.2) is 16.8 Å². The molecular weight excluding hydrogens is 468 g/mol. The van der Waals surface area contributed by atoms with Gasteiger partial charge in [0, 0.05) is 31.5 Å². The number of amides is 1. The summed E-state index contributed by atoms with van der Waals surface area (Å²) in [6.45, 7) is 6.18. The van der Waals surface area contributed by atoms with Gasteiger partial charge in [-0.2, -0.15) is 4.31 Å². The molecule has 11 heteroatoms. The lowest BCUT2D eigenvalue weighted by atomic mass is 10.2. The molecule has 0 bridgehead atoms. The number of nitrogens with zero attached hydrogens (tertiary/aromatic N) is 1. The lowest BCUT2D eigenvalue weighted by Gasteiger charge is -2.21. The highest BCUT2D eigenvalue weighted by Crippen LogP contribution is 2.30. The van der Waals surface area contributed by atoms with Crippen molar-refractivity contribution in [2.45, 2.75) is 30.6 Å². The highest BCUT2D eigenvalue weighted by molar-refractivity contribution is 7.91. The molecule has 0 saturated carbocycles. The van der Waals surface area contributed by atoms with Crippen molar-refractivity contribution in [3.8, 4) is 5.75 Å². The number of carbonyl (C=O) groups excluding carboxylic acids is 1. The second-order valence-electron chi connectivity index (χ2n) is 6.97. The number of carbonyl (C=O) groups is 1. The summed E-state index contributed by atoms with van der Waals surface area (Å²) in [5.74, 6) is -0.468. The summed E-state index contributed by atoms with van der Waals surface area (Å²) in [4.78, 5) is 12.7. The molecule has 1 N–H and O–H groups in total. The third-order valence-electron chi connectivity index (χ3n) is 4.86. The lowest BCUT2D eigenvalue weighted by molar-refractivity contribution is 0.102. The predicted molar refractivity (Wildman–Crippen MR) is 126 cm³/mol. The minimum Gasteiger partial charge on any atom is -0.492 e. The van der Waals surface area contributed by atoms with Gasteiger partial charge < -0.3 is 14.8 Å². The Bertz CT molecular complexity index is 1160. The largest absolute Gasteiger partial charge is 0.492 e. The first-order chi connectivity index (χ1) is 15.6. The second kappa shape index (κ2) is 11.6. The number of hydrogen-bond donors (Lipinski definition) is 1. The van der Waals surface area contributed by atoms with Crippen molar-refractivity contribution >= 4 is 31.5 Å². The van der Waals surface area contributed by atoms with E-state index in [0.29, 0.717) is 13.1 Å². The average molecular weight is 499 g/mol. The lowest BCUT2D eigenvalue weighted by Crippen LogP contribution is -2.31. The molecule has 0 aliphatic heterocycles. The normalized spacial score (nSPS) is 12.0. The number of rotatable bonds is 12. The first kappa shape index (κ1) is 26.8. The Morgan fingerprint density at radius 2 is 1.61 bits per heavy atom. The second-order valence-corrected chi connectivity index (χ2v) is 11.0. The van der Waals surface area contributed by atoms with Gasteiger partial charge in [-0.05, 0) is 49.4 Å². The van der Waals surface area contributed by atoms with Crippen LogP contribution < -0.4 is 10.1 Å². The third kappa shape index (κ3) is 6.53. The van der Waals surface area contributed by atoms with Crippen molar-refractivity contribution in [3.05, 3.63) is 48.0 Å². The quantitative estimate of drug-likeness (QED) is 0.478. The number of sulfonamides is 1. The van der Waals surface area contributed by atoms with Crippen LogP contribution in [0.25, 0.3) is 0 Å². The summed E-state index contributed by atoms with van der Waals surface area (Å²) in [6.07, 6.45) is 0. The third-order valence-corrected chi connectivity index (χ3v) is 8.62. The maximum atomic E-state index is 13.1. The molecule has 2 aromatic rings. The molecule has 0 radical (unpaired) electrons. The molecule has 2 aromatic carbocycles. The summed E-state index contributed by atoms with van der Waals surface area (Å²) in [5.41, 5.74) is 0.494. The highest BCUT2D eigenvalue weighted by atomic mass is 32.2. The average Bonchev–Trinajstić information content (AvgIpc) is 2.79. The van der Waals surface area contributed by atoms with Crippen LogP contribution in [-0.2, 0) is 24.6 Å². The van der Waals surface area contributed by atoms with Crippen LogP contribution in [0.3, 0.4) is 0 Å². The van der Waals surface area contributed by atoms with Gasteiger partial charge in [-0.3, -0.25) is 4.79 Å². The fourth-order valence-corrected chi connectivity index (χ4v) is 5.88. The maximum Gasteiger partial charge on any atom is 0.255 e. The van der Waals surface area contributed by atoms with E-state index in [4.69, 9.17) is 9.47 Å². The fourth-order valence-electron chi connectivity index (χ4n) is 3.09. The zero-order valence-corrected chi connectivity index (χ0v) is 20.8. The molecule has 9 nitrogen and oxygen atoms in total. The van der Waals surface area contributed by atoms with Crippen LogP contribution in [0, 0.1) is 0 Å². The number of benzene rings is 2. The Labute approximate surface area is 195 Å². The number of hydrogen-bond acceptors (Lipinski definition) is 7. The molecule has 1 amide bonds. The van der Waals surface area contributed by atoms with Gasteiger partial charge in [0.2, 0.25) is 10.0 Å². The maximum absolute atomic E-state index is 13.1. The van der Waals surface area contributed by atoms with E-state index >= 15 is 0 Å². The summed E-state index contributed by atoms with van der Waals surface area (Å²) >= 11 is 0. The Balaban J connectivity index is 2.31. The van der Waals surface area contributed by atoms with Crippen LogP contribution in [0.1, 0.15) is 31.1 Å². The zero-order valence-electron chi connectivity index (χ0n) is 19.2. The molecular formula is C22H30N2O7S2. The summed E-state index contributed by atoms with van der Waals surface area (Å²) in [7, 11) is -5.92. The smallest absolute Gasteiger partial charge is 0.255 e. The number of nitrogens with one attached hydrogen (secondary N) is 1. The van der Waals surface area contributed by atoms with Gasteiger partial charge in [0.1, 0.15) is 10.6 Å². The van der Waals surface area contributed by atoms with Gasteiger partial charge in [-0.15, -0.1) is 0 Å². The van der Waals surface area contributed by atoms with Gasteiger partial charge in [0.25, 0.3) is 5.91 Å². The van der Waals surface area contributed by atoms with Crippen molar-refractivity contribution < 1.29 is 31.1 Å². The molecule has 0 unspecified atom stereocenters. The van der Waals surface area contributed by atoms with E-state index in [-0.39, 0.29) is 45.8 Å². The molecule has 182 valence electrons. The molecule has 0 heterocycles. The van der Waals surface area contributed by atoms with Crippen molar-refractivity contribution in [1.82, 2.24) is 4.31 Å². The predicted octanol–water partition coefficient (Wildman–Crippen LogP) is 2.79. The van der Waals surface area contributed by atoms with Gasteiger partial charge in [0.05, 0.1) is 23.9 Å². The molecule has 0 spiro atoms. The molecule has 0 fully saturated rings. The van der Waals surface area contributed by atoms with Crippen molar-refractivity contribution in [1.29, 1.82) is 0 Å². The van der Waals surface area contributed by atoms with Crippen molar-refractivity contribution in [2.75, 3.05) is 44.5 Å². The van der Waals surface area contributed by atoms with E-state index in [2.05, 4.69) is 5.32 Å². The topological polar surface area (TPSA) is 119 Å². The number of sulfone groups is 1. The molecule has 0 aliphatic carbocycles. The molecule has 2 rings (SSSR count). The number of anilines is 1. The van der Waals surface area contributed by atoms with Crippen LogP contribution >= 0.6 is 0 Å². The van der Waals surface area contributed by atoms with E-state index in [0.717, 1.165) is 0 Å². The van der Waals surface area contributed by atoms with Gasteiger partial charge in [0.15, 0.2) is 9.84 Å². The van der Waals surface area contributed by atoms with Gasteiger partial charge >= 0.3 is 0 Å². The summed E-state index contributed by atoms with van der Waals surface area (Å²) < 4.78 is 62.2. The molecule has 0 aliphatic rings. The zero-order chi connectivity index (χ0) is 24.6. The van der Waals surface area contributed by atoms with E-state index in [1.54, 1.807) is 26.8 Å². The Hall–Kier alpha value is -2.47. The van der Waals surface area contributed by atoms with Crippen LogP contribution in [0.2, 0.25) is 0 Å². The Kier molecular flexibility index (Phi) is 9.41. The first-order valence-corrected chi connectivity index (χ1v) is 13.6. The minimum absolute atomic E-state index is 0.0366. The van der Waals surface area contributed by atoms with Crippen LogP contribution in [0.5, 0.6) is 5.75 Å². The molecule has 33 heavy (non-hydrogen) atoms. The van der Waals surface area contributed by atoms with E-state index in [1.165, 1.54) is 47.8 Å². The van der Waals surface area contributed by atoms with Gasteiger partial charge in [-0.1, -0.05) is 13.8 Å². The SMILES string of the molecule is CCOc1ccc(NC(=O)c2ccc(S(=O)(=O)CCOC)cc2)cc1S(=O)(=O)N(CC)CC. The Morgan fingerprint density at radius 1 is 0.970 bits per heavy atom. The first-order valence-electron chi connectivity index (χ1n) is 10.5. The molecule has 0 atom stereocenters. The highest BCUT2D eigenvalue weighted by Gasteiger charge is 2.26. The monoisotopic (exact) mass is 498 g/mol. The molecule has 0 aromatic heterocycles. The Morgan fingerprint density at radius 3 is 2.15 bits per heavy atom. The number of ether oxygens (including phenoxy) is 2. The molecule has 0 saturated heterocycles. The van der Waals surface area contributed by atoms with E-state index in [9.17, 15) is 21.6 Å². The minimum atomic E-state index is -3.83. The van der Waals surface area contributed by atoms with Crippen molar-refractivity contribution in [3.63, 3.8) is 0 Å². The summed E-state index contributed by atoms with van der Waals surface area (Å²) in [6, 6.07) is 9.92. The summed E-state index contributed by atoms with van der Waals surface area (Å²) in [5, 5.41) is 2.66. The van der Waals surface area contributed by atoms with Crippen LogP contribution in [0.4, 0.5) is 5.69 Å². The van der Waals surface area contributed by atoms with E-state index < -0.39 is 25.8 Å². The van der Waals surface area contributed by atoms with E-state index in [1.807, 2.05) is 0 Å². The fraction of sp³-hybridized carbons (Fsp3) is 0.409. The number of methoxy groups -OCH3 is 1. The van der Waals surface area contributed by atoms with Crippen LogP contribution in [-0.4, -0.2) is 66.2 Å². The van der Waals surface area contributed by atoms with Crippen LogP contribution in [0.15, 0.2) is 52.3 Å².